The molecule has 150 valence electrons. The third-order valence-electron chi connectivity index (χ3n) is 3.89. The van der Waals surface area contributed by atoms with Crippen LogP contribution in [0.3, 0.4) is 0 Å². The lowest BCUT2D eigenvalue weighted by atomic mass is 10.2. The number of carbonyl (C=O) groups is 2. The van der Waals surface area contributed by atoms with E-state index >= 15 is 0 Å². The molecular formula is C18H26N8O2. The lowest BCUT2D eigenvalue weighted by Crippen LogP contribution is -2.18. The fourth-order valence-corrected chi connectivity index (χ4v) is 2.49. The fourth-order valence-electron chi connectivity index (χ4n) is 2.49. The van der Waals surface area contributed by atoms with Crippen molar-refractivity contribution in [1.29, 1.82) is 0 Å². The molecule has 2 heterocycles. The standard InChI is InChI=1S/C18H26N8O2/c1-3-6-13(19)11-17(27)21-16-9-8-14(22-24-16)7-4-5-10-26-12-15(23-25-26)18(28)20-2/h6,8-9,12H,3-5,7,10-11,19H2,1-2H3,(H,20,28)(H,21,24,27)/b13-6-. The maximum atomic E-state index is 11.9. The predicted molar refractivity (Wildman–Crippen MR) is 104 cm³/mol. The molecule has 0 radical (unpaired) electrons. The second kappa shape index (κ2) is 10.8. The molecule has 0 spiro atoms. The van der Waals surface area contributed by atoms with Crippen molar-refractivity contribution in [3.05, 3.63) is 41.5 Å². The molecule has 0 fully saturated rings. The Bertz CT molecular complexity index is 813. The number of aryl methyl sites for hydroxylation is 2. The first-order valence-electron chi connectivity index (χ1n) is 9.21. The van der Waals surface area contributed by atoms with Gasteiger partial charge in [0.25, 0.3) is 5.91 Å². The zero-order chi connectivity index (χ0) is 20.4. The van der Waals surface area contributed by atoms with Crippen molar-refractivity contribution in [3.63, 3.8) is 0 Å². The van der Waals surface area contributed by atoms with Crippen LogP contribution in [-0.2, 0) is 17.8 Å². The van der Waals surface area contributed by atoms with Crippen molar-refractivity contribution >= 4 is 17.6 Å². The normalized spacial score (nSPS) is 11.3. The molecule has 0 saturated carbocycles. The average Bonchev–Trinajstić information content (AvgIpc) is 3.15. The molecule has 0 aromatic carbocycles. The zero-order valence-corrected chi connectivity index (χ0v) is 16.2. The predicted octanol–water partition coefficient (Wildman–Crippen LogP) is 1.03. The van der Waals surface area contributed by atoms with Crippen LogP contribution in [0.1, 0.15) is 48.8 Å². The summed E-state index contributed by atoms with van der Waals surface area (Å²) >= 11 is 0. The van der Waals surface area contributed by atoms with E-state index in [1.54, 1.807) is 24.0 Å². The van der Waals surface area contributed by atoms with Crippen molar-refractivity contribution < 1.29 is 9.59 Å². The van der Waals surface area contributed by atoms with Crippen molar-refractivity contribution in [2.75, 3.05) is 12.4 Å². The minimum Gasteiger partial charge on any atom is -0.402 e. The molecule has 4 N–H and O–H groups in total. The Morgan fingerprint density at radius 1 is 1.21 bits per heavy atom. The van der Waals surface area contributed by atoms with E-state index in [-0.39, 0.29) is 18.2 Å². The van der Waals surface area contributed by atoms with Gasteiger partial charge in [0.15, 0.2) is 11.5 Å². The van der Waals surface area contributed by atoms with E-state index in [1.165, 1.54) is 0 Å². The second-order valence-corrected chi connectivity index (χ2v) is 6.23. The lowest BCUT2D eigenvalue weighted by molar-refractivity contribution is -0.115. The summed E-state index contributed by atoms with van der Waals surface area (Å²) in [7, 11) is 1.55. The van der Waals surface area contributed by atoms with E-state index in [4.69, 9.17) is 5.73 Å². The maximum Gasteiger partial charge on any atom is 0.273 e. The molecule has 2 aromatic rings. The summed E-state index contributed by atoms with van der Waals surface area (Å²) in [5, 5.41) is 21.1. The van der Waals surface area contributed by atoms with Crippen LogP contribution in [0.25, 0.3) is 0 Å². The van der Waals surface area contributed by atoms with Crippen molar-refractivity contribution in [1.82, 2.24) is 30.5 Å². The lowest BCUT2D eigenvalue weighted by Gasteiger charge is -2.05. The molecule has 0 atom stereocenters. The summed E-state index contributed by atoms with van der Waals surface area (Å²) in [6.45, 7) is 2.63. The van der Waals surface area contributed by atoms with Crippen LogP contribution in [0.2, 0.25) is 0 Å². The zero-order valence-electron chi connectivity index (χ0n) is 16.2. The molecule has 2 amide bonds. The largest absolute Gasteiger partial charge is 0.402 e. The Hall–Kier alpha value is -3.30. The Kier molecular flexibility index (Phi) is 8.07. The van der Waals surface area contributed by atoms with Crippen LogP contribution in [0.5, 0.6) is 0 Å². The number of hydrogen-bond donors (Lipinski definition) is 3. The Labute approximate surface area is 163 Å². The SMILES string of the molecule is CC/C=C(\N)CC(=O)Nc1ccc(CCCCn2cc(C(=O)NC)nn2)nn1. The first-order valence-corrected chi connectivity index (χ1v) is 9.21. The number of nitrogens with zero attached hydrogens (tertiary/aromatic N) is 5. The molecular weight excluding hydrogens is 360 g/mol. The monoisotopic (exact) mass is 386 g/mol. The Morgan fingerprint density at radius 2 is 2.04 bits per heavy atom. The highest BCUT2D eigenvalue weighted by atomic mass is 16.2. The summed E-state index contributed by atoms with van der Waals surface area (Å²) < 4.78 is 1.65. The molecule has 0 unspecified atom stereocenters. The number of rotatable bonds is 10. The number of unbranched alkanes of at least 4 members (excludes halogenated alkanes) is 1. The van der Waals surface area contributed by atoms with Crippen LogP contribution >= 0.6 is 0 Å². The van der Waals surface area contributed by atoms with Crippen molar-refractivity contribution in [2.24, 2.45) is 5.73 Å². The fraction of sp³-hybridized carbons (Fsp3) is 0.444. The molecule has 10 nitrogen and oxygen atoms in total. The van der Waals surface area contributed by atoms with Gasteiger partial charge in [-0.05, 0) is 37.8 Å². The van der Waals surface area contributed by atoms with Gasteiger partial charge in [-0.15, -0.1) is 10.2 Å². The van der Waals surface area contributed by atoms with Crippen LogP contribution in [0.4, 0.5) is 5.82 Å². The van der Waals surface area contributed by atoms with Gasteiger partial charge in [0.05, 0.1) is 18.3 Å². The second-order valence-electron chi connectivity index (χ2n) is 6.23. The van der Waals surface area contributed by atoms with Crippen LogP contribution in [0, 0.1) is 0 Å². The Balaban J connectivity index is 1.72. The number of allylic oxidation sites excluding steroid dienone is 1. The van der Waals surface area contributed by atoms with Crippen LogP contribution in [0.15, 0.2) is 30.1 Å². The van der Waals surface area contributed by atoms with E-state index in [9.17, 15) is 9.59 Å². The summed E-state index contributed by atoms with van der Waals surface area (Å²) in [6.07, 6.45) is 6.87. The average molecular weight is 386 g/mol. The molecule has 0 bridgehead atoms. The number of hydrogen-bond acceptors (Lipinski definition) is 7. The summed E-state index contributed by atoms with van der Waals surface area (Å²) in [5.74, 6) is -0.0617. The highest BCUT2D eigenvalue weighted by molar-refractivity contribution is 5.91. The van der Waals surface area contributed by atoms with E-state index in [2.05, 4.69) is 31.1 Å². The van der Waals surface area contributed by atoms with Gasteiger partial charge in [-0.1, -0.05) is 18.2 Å². The van der Waals surface area contributed by atoms with Gasteiger partial charge in [0, 0.05) is 19.3 Å². The minimum absolute atomic E-state index is 0.140. The van der Waals surface area contributed by atoms with Crippen LogP contribution < -0.4 is 16.4 Å². The number of anilines is 1. The summed E-state index contributed by atoms with van der Waals surface area (Å²) in [6, 6.07) is 3.57. The van der Waals surface area contributed by atoms with Gasteiger partial charge in [0.2, 0.25) is 5.91 Å². The van der Waals surface area contributed by atoms with Crippen molar-refractivity contribution in [3.8, 4) is 0 Å². The van der Waals surface area contributed by atoms with E-state index in [1.807, 2.05) is 19.1 Å². The molecule has 0 aliphatic heterocycles. The molecule has 2 rings (SSSR count). The first kappa shape index (κ1) is 21.0. The minimum atomic E-state index is -0.252. The number of nitrogens with two attached hydrogens (primary N) is 1. The molecule has 2 aromatic heterocycles. The van der Waals surface area contributed by atoms with Gasteiger partial charge in [-0.25, -0.2) is 0 Å². The van der Waals surface area contributed by atoms with Gasteiger partial charge >= 0.3 is 0 Å². The van der Waals surface area contributed by atoms with E-state index in [0.717, 1.165) is 31.4 Å². The van der Waals surface area contributed by atoms with Gasteiger partial charge in [0.1, 0.15) is 0 Å². The van der Waals surface area contributed by atoms with Gasteiger partial charge < -0.3 is 16.4 Å². The molecule has 0 aliphatic carbocycles. The number of amides is 2. The van der Waals surface area contributed by atoms with E-state index < -0.39 is 0 Å². The van der Waals surface area contributed by atoms with Crippen molar-refractivity contribution in [2.45, 2.75) is 45.6 Å². The highest BCUT2D eigenvalue weighted by Crippen LogP contribution is 2.07. The third-order valence-corrected chi connectivity index (χ3v) is 3.89. The molecule has 28 heavy (non-hydrogen) atoms. The third kappa shape index (κ3) is 6.78. The number of nitrogens with one attached hydrogen (secondary N) is 2. The summed E-state index contributed by atoms with van der Waals surface area (Å²) in [4.78, 5) is 23.3. The first-order chi connectivity index (χ1) is 13.5. The molecule has 10 heteroatoms. The molecule has 0 aliphatic rings. The number of aromatic nitrogens is 5. The van der Waals surface area contributed by atoms with Crippen LogP contribution in [-0.4, -0.2) is 44.1 Å². The van der Waals surface area contributed by atoms with Gasteiger partial charge in [-0.3, -0.25) is 14.3 Å². The summed E-state index contributed by atoms with van der Waals surface area (Å²) in [5.41, 5.74) is 7.42. The Morgan fingerprint density at radius 3 is 2.71 bits per heavy atom. The maximum absolute atomic E-state index is 11.9. The van der Waals surface area contributed by atoms with Gasteiger partial charge in [-0.2, -0.15) is 5.10 Å². The smallest absolute Gasteiger partial charge is 0.273 e. The molecule has 0 saturated heterocycles. The highest BCUT2D eigenvalue weighted by Gasteiger charge is 2.08. The van der Waals surface area contributed by atoms with E-state index in [0.29, 0.717) is 23.8 Å². The topological polar surface area (TPSA) is 141 Å². The quantitative estimate of drug-likeness (QED) is 0.518. The number of carbonyl (C=O) groups excluding carboxylic acids is 2.